The Kier molecular flexibility index (Phi) is 5.73. The van der Waals surface area contributed by atoms with E-state index < -0.39 is 0 Å². The summed E-state index contributed by atoms with van der Waals surface area (Å²) >= 11 is 1.65. The third-order valence-electron chi connectivity index (χ3n) is 4.65. The van der Waals surface area contributed by atoms with Crippen molar-refractivity contribution in [1.29, 1.82) is 5.26 Å². The third kappa shape index (κ3) is 4.56. The molecular formula is C24H20N4S. The smallest absolute Gasteiger partial charge is 0.196 e. The van der Waals surface area contributed by atoms with Crippen LogP contribution in [0, 0.1) is 18.3 Å². The molecule has 0 saturated carbocycles. The van der Waals surface area contributed by atoms with Crippen LogP contribution in [0.4, 0.5) is 0 Å². The molecule has 0 aliphatic rings. The Labute approximate surface area is 174 Å². The van der Waals surface area contributed by atoms with E-state index in [1.807, 2.05) is 42.5 Å². The van der Waals surface area contributed by atoms with Gasteiger partial charge in [0.15, 0.2) is 5.16 Å². The number of nitrogens with zero attached hydrogens (tertiary/aromatic N) is 4. The number of hydrogen-bond acceptors (Lipinski definition) is 4. The van der Waals surface area contributed by atoms with Gasteiger partial charge in [-0.25, -0.2) is 0 Å². The first-order chi connectivity index (χ1) is 14.2. The van der Waals surface area contributed by atoms with Gasteiger partial charge in [0.1, 0.15) is 5.82 Å². The van der Waals surface area contributed by atoms with Crippen LogP contribution in [-0.4, -0.2) is 14.8 Å². The molecule has 0 N–H and O–H groups in total. The molecule has 4 nitrogen and oxygen atoms in total. The lowest BCUT2D eigenvalue weighted by Crippen LogP contribution is -2.04. The molecule has 0 radical (unpaired) electrons. The second-order valence-corrected chi connectivity index (χ2v) is 7.77. The quantitative estimate of drug-likeness (QED) is 0.413. The van der Waals surface area contributed by atoms with E-state index in [0.717, 1.165) is 34.4 Å². The molecule has 0 aliphatic carbocycles. The van der Waals surface area contributed by atoms with Crippen LogP contribution in [-0.2, 0) is 12.2 Å². The van der Waals surface area contributed by atoms with Crippen molar-refractivity contribution in [1.82, 2.24) is 14.8 Å². The van der Waals surface area contributed by atoms with Gasteiger partial charge in [0, 0.05) is 17.9 Å². The molecule has 4 rings (SSSR count). The number of aryl methyl sites for hydroxylation is 1. The molecule has 0 saturated heterocycles. The highest BCUT2D eigenvalue weighted by Crippen LogP contribution is 2.26. The summed E-state index contributed by atoms with van der Waals surface area (Å²) in [5.74, 6) is 1.68. The molecule has 3 aromatic carbocycles. The first-order valence-electron chi connectivity index (χ1n) is 9.40. The summed E-state index contributed by atoms with van der Waals surface area (Å²) in [7, 11) is 0. The van der Waals surface area contributed by atoms with Crippen LogP contribution in [0.1, 0.15) is 28.1 Å². The van der Waals surface area contributed by atoms with Gasteiger partial charge >= 0.3 is 0 Å². The molecule has 0 aliphatic heterocycles. The lowest BCUT2D eigenvalue weighted by Gasteiger charge is -2.11. The number of nitriles is 1. The normalized spacial score (nSPS) is 10.6. The van der Waals surface area contributed by atoms with E-state index in [9.17, 15) is 0 Å². The van der Waals surface area contributed by atoms with E-state index in [1.165, 1.54) is 11.1 Å². The fraction of sp³-hybridized carbons (Fsp3) is 0.125. The van der Waals surface area contributed by atoms with E-state index in [-0.39, 0.29) is 0 Å². The third-order valence-corrected chi connectivity index (χ3v) is 5.65. The van der Waals surface area contributed by atoms with E-state index in [4.69, 9.17) is 5.26 Å². The standard InChI is InChI=1S/C24H20N4S/c1-18-7-13-22(14-8-18)28-23(15-19-5-3-2-4-6-19)26-27-24(28)29-17-21-11-9-20(16-25)10-12-21/h2-14H,15,17H2,1H3. The number of aromatic nitrogens is 3. The van der Waals surface area contributed by atoms with E-state index in [0.29, 0.717) is 5.56 Å². The minimum atomic E-state index is 0.673. The Hall–Kier alpha value is -3.36. The Morgan fingerprint density at radius 1 is 0.862 bits per heavy atom. The molecule has 0 fully saturated rings. The molecule has 142 valence electrons. The molecule has 0 unspecified atom stereocenters. The summed E-state index contributed by atoms with van der Waals surface area (Å²) in [4.78, 5) is 0. The Balaban J connectivity index is 1.63. The van der Waals surface area contributed by atoms with Crippen molar-refractivity contribution in [2.24, 2.45) is 0 Å². The van der Waals surface area contributed by atoms with Crippen molar-refractivity contribution < 1.29 is 0 Å². The number of benzene rings is 3. The SMILES string of the molecule is Cc1ccc(-n2c(Cc3ccccc3)nnc2SCc2ccc(C#N)cc2)cc1. The number of thioether (sulfide) groups is 1. The maximum Gasteiger partial charge on any atom is 0.196 e. The molecule has 0 atom stereocenters. The maximum atomic E-state index is 8.97. The summed E-state index contributed by atoms with van der Waals surface area (Å²) in [6.45, 7) is 2.08. The zero-order valence-electron chi connectivity index (χ0n) is 16.1. The van der Waals surface area contributed by atoms with Crippen molar-refractivity contribution in [2.45, 2.75) is 24.3 Å². The van der Waals surface area contributed by atoms with Gasteiger partial charge in [0.2, 0.25) is 0 Å². The average molecular weight is 397 g/mol. The van der Waals surface area contributed by atoms with Gasteiger partial charge in [-0.2, -0.15) is 5.26 Å². The number of hydrogen-bond donors (Lipinski definition) is 0. The molecule has 0 amide bonds. The predicted octanol–water partition coefficient (Wildman–Crippen LogP) is 5.33. The summed E-state index contributed by atoms with van der Waals surface area (Å²) < 4.78 is 2.14. The number of rotatable bonds is 6. The molecule has 1 heterocycles. The highest BCUT2D eigenvalue weighted by Gasteiger charge is 2.15. The van der Waals surface area contributed by atoms with E-state index >= 15 is 0 Å². The second kappa shape index (κ2) is 8.76. The van der Waals surface area contributed by atoms with Gasteiger partial charge in [0.25, 0.3) is 0 Å². The molecule has 1 aromatic heterocycles. The fourth-order valence-electron chi connectivity index (χ4n) is 3.06. The zero-order valence-corrected chi connectivity index (χ0v) is 16.9. The molecule has 4 aromatic rings. The van der Waals surface area contributed by atoms with Gasteiger partial charge < -0.3 is 0 Å². The lowest BCUT2D eigenvalue weighted by atomic mass is 10.1. The first-order valence-corrected chi connectivity index (χ1v) is 10.4. The van der Waals surface area contributed by atoms with Crippen molar-refractivity contribution in [3.05, 3.63) is 107 Å². The highest BCUT2D eigenvalue weighted by molar-refractivity contribution is 7.98. The van der Waals surface area contributed by atoms with Gasteiger partial charge in [-0.1, -0.05) is 71.9 Å². The van der Waals surface area contributed by atoms with Crippen LogP contribution in [0.2, 0.25) is 0 Å². The minimum absolute atomic E-state index is 0.673. The summed E-state index contributed by atoms with van der Waals surface area (Å²) in [6, 6.07) is 28.6. The predicted molar refractivity (Wildman–Crippen MR) is 116 cm³/mol. The Morgan fingerprint density at radius 3 is 2.28 bits per heavy atom. The van der Waals surface area contributed by atoms with Crippen LogP contribution < -0.4 is 0 Å². The fourth-order valence-corrected chi connectivity index (χ4v) is 3.99. The van der Waals surface area contributed by atoms with Crippen molar-refractivity contribution in [2.75, 3.05) is 0 Å². The Bertz CT molecular complexity index is 1120. The van der Waals surface area contributed by atoms with Crippen molar-refractivity contribution in [3.63, 3.8) is 0 Å². The van der Waals surface area contributed by atoms with Crippen molar-refractivity contribution in [3.8, 4) is 11.8 Å². The van der Waals surface area contributed by atoms with Crippen LogP contribution in [0.25, 0.3) is 5.69 Å². The molecule has 0 spiro atoms. The topological polar surface area (TPSA) is 54.5 Å². The molecular weight excluding hydrogens is 376 g/mol. The van der Waals surface area contributed by atoms with Gasteiger partial charge in [-0.15, -0.1) is 10.2 Å². The van der Waals surface area contributed by atoms with Gasteiger partial charge in [0.05, 0.1) is 11.6 Å². The highest BCUT2D eigenvalue weighted by atomic mass is 32.2. The minimum Gasteiger partial charge on any atom is -0.274 e. The first kappa shape index (κ1) is 19.0. The zero-order chi connectivity index (χ0) is 20.1. The van der Waals surface area contributed by atoms with E-state index in [2.05, 4.69) is 64.2 Å². The Morgan fingerprint density at radius 2 is 1.59 bits per heavy atom. The van der Waals surface area contributed by atoms with E-state index in [1.54, 1.807) is 11.8 Å². The summed E-state index contributed by atoms with van der Waals surface area (Å²) in [6.07, 6.45) is 0.721. The van der Waals surface area contributed by atoms with Gasteiger partial charge in [-0.3, -0.25) is 4.57 Å². The second-order valence-electron chi connectivity index (χ2n) is 6.83. The van der Waals surface area contributed by atoms with Crippen LogP contribution in [0.3, 0.4) is 0 Å². The lowest BCUT2D eigenvalue weighted by molar-refractivity contribution is 0.847. The molecule has 29 heavy (non-hydrogen) atoms. The summed E-state index contributed by atoms with van der Waals surface area (Å²) in [5, 5.41) is 18.8. The van der Waals surface area contributed by atoms with Crippen LogP contribution in [0.5, 0.6) is 0 Å². The molecule has 5 heteroatoms. The molecule has 0 bridgehead atoms. The monoisotopic (exact) mass is 396 g/mol. The van der Waals surface area contributed by atoms with Gasteiger partial charge in [-0.05, 0) is 42.3 Å². The van der Waals surface area contributed by atoms with Crippen LogP contribution in [0.15, 0.2) is 84.0 Å². The maximum absolute atomic E-state index is 8.97. The largest absolute Gasteiger partial charge is 0.274 e. The van der Waals surface area contributed by atoms with Crippen LogP contribution >= 0.6 is 11.8 Å². The average Bonchev–Trinajstić information content (AvgIpc) is 3.16. The van der Waals surface area contributed by atoms with Crippen molar-refractivity contribution >= 4 is 11.8 Å². The summed E-state index contributed by atoms with van der Waals surface area (Å²) in [5.41, 5.74) is 5.31.